The smallest absolute Gasteiger partial charge is 0.264 e. The van der Waals surface area contributed by atoms with Crippen LogP contribution in [0.4, 0.5) is 5.69 Å². The highest BCUT2D eigenvalue weighted by molar-refractivity contribution is 9.10. The minimum absolute atomic E-state index is 0.0287. The molecule has 7 nitrogen and oxygen atoms in total. The zero-order valence-corrected chi connectivity index (χ0v) is 27.3. The third-order valence-electron chi connectivity index (χ3n) is 6.73. The van der Waals surface area contributed by atoms with Gasteiger partial charge in [0.1, 0.15) is 12.6 Å². The fourth-order valence-electron chi connectivity index (χ4n) is 4.17. The summed E-state index contributed by atoms with van der Waals surface area (Å²) in [5.41, 5.74) is 1.87. The van der Waals surface area contributed by atoms with Gasteiger partial charge in [-0.15, -0.1) is 0 Å². The number of sulfonamides is 1. The van der Waals surface area contributed by atoms with Crippen molar-refractivity contribution in [2.45, 2.75) is 64.1 Å². The Morgan fingerprint density at radius 3 is 2.12 bits per heavy atom. The molecule has 3 aromatic carbocycles. The van der Waals surface area contributed by atoms with E-state index >= 15 is 0 Å². The van der Waals surface area contributed by atoms with E-state index in [1.54, 1.807) is 54.6 Å². The van der Waals surface area contributed by atoms with Crippen molar-refractivity contribution in [3.63, 3.8) is 0 Å². The summed E-state index contributed by atoms with van der Waals surface area (Å²) in [7, 11) is -4.14. The predicted molar refractivity (Wildman–Crippen MR) is 169 cm³/mol. The largest absolute Gasteiger partial charge is 0.352 e. The van der Waals surface area contributed by atoms with Crippen molar-refractivity contribution in [3.05, 3.63) is 92.4 Å². The van der Waals surface area contributed by atoms with Crippen molar-refractivity contribution in [3.8, 4) is 0 Å². The van der Waals surface area contributed by atoms with Crippen LogP contribution in [-0.2, 0) is 26.2 Å². The first-order valence-corrected chi connectivity index (χ1v) is 16.2. The van der Waals surface area contributed by atoms with E-state index in [9.17, 15) is 18.0 Å². The molecule has 3 rings (SSSR count). The number of nitrogens with zero attached hydrogens (tertiary/aromatic N) is 2. The number of benzene rings is 3. The molecule has 0 radical (unpaired) electrons. The van der Waals surface area contributed by atoms with E-state index in [1.807, 2.05) is 27.7 Å². The van der Waals surface area contributed by atoms with E-state index in [-0.39, 0.29) is 23.4 Å². The fraction of sp³-hybridized carbons (Fsp3) is 0.333. The second-order valence-electron chi connectivity index (χ2n) is 9.81. The Balaban J connectivity index is 2.07. The first-order valence-electron chi connectivity index (χ1n) is 13.3. The van der Waals surface area contributed by atoms with Crippen molar-refractivity contribution in [2.75, 3.05) is 10.8 Å². The maximum absolute atomic E-state index is 14.1. The number of anilines is 1. The molecule has 41 heavy (non-hydrogen) atoms. The highest BCUT2D eigenvalue weighted by Crippen LogP contribution is 2.28. The second-order valence-corrected chi connectivity index (χ2v) is 13.4. The van der Waals surface area contributed by atoms with Crippen LogP contribution < -0.4 is 9.62 Å². The van der Waals surface area contributed by atoms with Crippen LogP contribution in [0.2, 0.25) is 10.0 Å². The Morgan fingerprint density at radius 2 is 1.56 bits per heavy atom. The van der Waals surface area contributed by atoms with Crippen LogP contribution in [0, 0.1) is 6.92 Å². The molecule has 2 atom stereocenters. The van der Waals surface area contributed by atoms with Gasteiger partial charge in [-0.25, -0.2) is 8.42 Å². The highest BCUT2D eigenvalue weighted by Gasteiger charge is 2.34. The number of amides is 2. The molecule has 0 aromatic heterocycles. The topological polar surface area (TPSA) is 86.8 Å². The molecule has 11 heteroatoms. The van der Waals surface area contributed by atoms with Gasteiger partial charge in [-0.1, -0.05) is 76.7 Å². The molecule has 0 fully saturated rings. The Bertz CT molecular complexity index is 1470. The minimum atomic E-state index is -4.14. The lowest BCUT2D eigenvalue weighted by Gasteiger charge is -2.33. The van der Waals surface area contributed by atoms with Gasteiger partial charge in [0.2, 0.25) is 11.8 Å². The highest BCUT2D eigenvalue weighted by atomic mass is 79.9. The lowest BCUT2D eigenvalue weighted by Crippen LogP contribution is -2.53. The summed E-state index contributed by atoms with van der Waals surface area (Å²) in [6.07, 6.45) is 1.04. The Morgan fingerprint density at radius 1 is 0.927 bits per heavy atom. The maximum atomic E-state index is 14.1. The van der Waals surface area contributed by atoms with Gasteiger partial charge in [0.15, 0.2) is 0 Å². The van der Waals surface area contributed by atoms with Gasteiger partial charge in [-0.3, -0.25) is 13.9 Å². The van der Waals surface area contributed by atoms with Crippen LogP contribution in [0.5, 0.6) is 0 Å². The normalized spacial score (nSPS) is 12.9. The van der Waals surface area contributed by atoms with Crippen molar-refractivity contribution in [1.82, 2.24) is 10.2 Å². The Labute approximate surface area is 261 Å². The van der Waals surface area contributed by atoms with Crippen LogP contribution in [0.1, 0.15) is 44.7 Å². The number of hydrogen-bond donors (Lipinski definition) is 1. The lowest BCUT2D eigenvalue weighted by molar-refractivity contribution is -0.140. The molecule has 1 N–H and O–H groups in total. The summed E-state index contributed by atoms with van der Waals surface area (Å²) >= 11 is 15.7. The quantitative estimate of drug-likeness (QED) is 0.223. The first-order chi connectivity index (χ1) is 19.4. The van der Waals surface area contributed by atoms with Crippen molar-refractivity contribution in [2.24, 2.45) is 0 Å². The molecule has 0 aliphatic carbocycles. The summed E-state index contributed by atoms with van der Waals surface area (Å²) in [5.74, 6) is -0.854. The first kappa shape index (κ1) is 32.9. The number of halogens is 3. The molecule has 0 saturated heterocycles. The molecule has 220 valence electrons. The fourth-order valence-corrected chi connectivity index (χ4v) is 6.17. The summed E-state index contributed by atoms with van der Waals surface area (Å²) in [6, 6.07) is 17.2. The van der Waals surface area contributed by atoms with Gasteiger partial charge < -0.3 is 10.2 Å². The number of nitrogens with one attached hydrogen (secondary N) is 1. The number of carbonyl (C=O) groups excluding carboxylic acids is 2. The zero-order chi connectivity index (χ0) is 30.3. The third kappa shape index (κ3) is 8.47. The van der Waals surface area contributed by atoms with Gasteiger partial charge in [-0.2, -0.15) is 0 Å². The molecule has 0 unspecified atom stereocenters. The Kier molecular flexibility index (Phi) is 11.7. The van der Waals surface area contributed by atoms with Crippen LogP contribution >= 0.6 is 39.1 Å². The zero-order valence-electron chi connectivity index (χ0n) is 23.4. The maximum Gasteiger partial charge on any atom is 0.264 e. The van der Waals surface area contributed by atoms with E-state index in [0.29, 0.717) is 27.7 Å². The molecular formula is C30H34BrCl2N3O4S. The minimum Gasteiger partial charge on any atom is -0.352 e. The molecule has 2 amide bonds. The molecule has 0 bridgehead atoms. The molecule has 0 heterocycles. The number of aryl methyl sites for hydroxylation is 1. The van der Waals surface area contributed by atoms with E-state index in [1.165, 1.54) is 17.0 Å². The average Bonchev–Trinajstić information content (AvgIpc) is 2.94. The van der Waals surface area contributed by atoms with Crippen molar-refractivity contribution in [1.29, 1.82) is 0 Å². The Hall–Kier alpha value is -2.59. The summed E-state index contributed by atoms with van der Waals surface area (Å²) in [5, 5.41) is 3.63. The van der Waals surface area contributed by atoms with Crippen LogP contribution in [0.3, 0.4) is 0 Å². The summed E-state index contributed by atoms with van der Waals surface area (Å²) < 4.78 is 29.7. The van der Waals surface area contributed by atoms with E-state index in [2.05, 4.69) is 21.2 Å². The molecule has 0 aliphatic heterocycles. The number of rotatable bonds is 12. The van der Waals surface area contributed by atoms with Gasteiger partial charge >= 0.3 is 0 Å². The number of carbonyl (C=O) groups is 2. The SMILES string of the molecule is CC[C@@H](C)NC(=O)[C@@H](CC)N(Cc1ccc(Cl)c(Cl)c1)C(=O)CN(c1ccc(Br)cc1)S(=O)(=O)c1ccc(C)cc1. The van der Waals surface area contributed by atoms with Crippen molar-refractivity contribution < 1.29 is 18.0 Å². The standard InChI is InChI=1S/C30H34BrCl2N3O4S/c1-5-21(4)34-30(38)28(6-2)35(18-22-9-16-26(32)27(33)17-22)29(37)19-36(24-12-10-23(31)11-13-24)41(39,40)25-14-7-20(3)8-15-25/h7-17,21,28H,5-6,18-19H2,1-4H3,(H,34,38)/t21-,28-/m1/s1. The second kappa shape index (κ2) is 14.5. The predicted octanol–water partition coefficient (Wildman–Crippen LogP) is 6.98. The lowest BCUT2D eigenvalue weighted by atomic mass is 10.1. The van der Waals surface area contributed by atoms with Gasteiger partial charge in [0.05, 0.1) is 20.6 Å². The van der Waals surface area contributed by atoms with Crippen molar-refractivity contribution >= 4 is 66.7 Å². The van der Waals surface area contributed by atoms with Gasteiger partial charge in [0.25, 0.3) is 10.0 Å². The summed E-state index contributed by atoms with van der Waals surface area (Å²) in [4.78, 5) is 28.9. The molecule has 0 aliphatic rings. The third-order valence-corrected chi connectivity index (χ3v) is 9.78. The molecule has 0 saturated carbocycles. The molecular weight excluding hydrogens is 649 g/mol. The number of hydrogen-bond acceptors (Lipinski definition) is 4. The monoisotopic (exact) mass is 681 g/mol. The van der Waals surface area contributed by atoms with E-state index in [0.717, 1.165) is 20.8 Å². The van der Waals surface area contributed by atoms with Gasteiger partial charge in [0, 0.05) is 17.1 Å². The summed E-state index contributed by atoms with van der Waals surface area (Å²) in [6.45, 7) is 7.02. The van der Waals surface area contributed by atoms with Crippen LogP contribution in [0.15, 0.2) is 76.1 Å². The van der Waals surface area contributed by atoms with E-state index < -0.39 is 28.5 Å². The van der Waals surface area contributed by atoms with Gasteiger partial charge in [-0.05, 0) is 80.8 Å². The molecule has 0 spiro atoms. The van der Waals surface area contributed by atoms with E-state index in [4.69, 9.17) is 23.2 Å². The molecule has 3 aromatic rings. The van der Waals surface area contributed by atoms with Crippen LogP contribution in [0.25, 0.3) is 0 Å². The average molecular weight is 683 g/mol. The van der Waals surface area contributed by atoms with Crippen LogP contribution in [-0.4, -0.2) is 43.8 Å².